The van der Waals surface area contributed by atoms with Crippen LogP contribution in [-0.4, -0.2) is 70.5 Å². The summed E-state index contributed by atoms with van der Waals surface area (Å²) in [4.78, 5) is 58.1. The number of carbonyl (C=O) groups excluding carboxylic acids is 2. The Kier molecular flexibility index (Phi) is 6.97. The number of rotatable bonds is 7. The van der Waals surface area contributed by atoms with Crippen LogP contribution in [0.4, 0.5) is 5.13 Å². The van der Waals surface area contributed by atoms with E-state index in [0.29, 0.717) is 16.5 Å². The fourth-order valence-electron chi connectivity index (χ4n) is 3.30. The molecule has 4 N–H and O–H groups in total. The number of anilines is 1. The predicted molar refractivity (Wildman–Crippen MR) is 128 cm³/mol. The molecule has 2 aliphatic heterocycles. The van der Waals surface area contributed by atoms with Crippen molar-refractivity contribution < 1.29 is 19.5 Å². The zero-order valence-electron chi connectivity index (χ0n) is 17.3. The standard InChI is InChI=1S/C18H16ClN7O5S3/c1-25-18(23-10(27)3-21-25)34-5-7-4-32-15-11(14(29)26(15)12(7)16(30)31)24-13(28)8(2-19)9-6-33-17(20)22-9/h2-3,6,11,15H,4-5H2,1H3,(H2,20,22)(H,24,28)(H,30,31)/b8-2+/t11?,15-/m1/s1. The minimum absolute atomic E-state index is 0.0438. The first-order chi connectivity index (χ1) is 16.2. The van der Waals surface area contributed by atoms with Crippen LogP contribution in [0.5, 0.6) is 0 Å². The summed E-state index contributed by atoms with van der Waals surface area (Å²) >= 11 is 9.40. The Hall–Kier alpha value is -2.88. The smallest absolute Gasteiger partial charge is 0.352 e. The van der Waals surface area contributed by atoms with Crippen LogP contribution >= 0.6 is 46.5 Å². The van der Waals surface area contributed by atoms with Crippen molar-refractivity contribution in [1.29, 1.82) is 0 Å². The van der Waals surface area contributed by atoms with Crippen LogP contribution in [0, 0.1) is 0 Å². The molecule has 2 atom stereocenters. The maximum Gasteiger partial charge on any atom is 0.352 e. The molecule has 1 saturated heterocycles. The third-order valence-corrected chi connectivity index (χ3v) is 8.23. The van der Waals surface area contributed by atoms with E-state index in [4.69, 9.17) is 17.3 Å². The number of carboxylic acids is 1. The van der Waals surface area contributed by atoms with E-state index in [9.17, 15) is 24.3 Å². The van der Waals surface area contributed by atoms with Crippen LogP contribution < -0.4 is 16.6 Å². The molecule has 1 unspecified atom stereocenters. The molecule has 0 aliphatic carbocycles. The van der Waals surface area contributed by atoms with Gasteiger partial charge in [0, 0.05) is 29.5 Å². The van der Waals surface area contributed by atoms with Gasteiger partial charge in [0.1, 0.15) is 23.3 Å². The number of carbonyl (C=O) groups is 3. The molecule has 16 heteroatoms. The zero-order valence-corrected chi connectivity index (χ0v) is 20.5. The minimum atomic E-state index is -1.26. The summed E-state index contributed by atoms with van der Waals surface area (Å²) in [7, 11) is 1.61. The summed E-state index contributed by atoms with van der Waals surface area (Å²) in [5.74, 6) is -1.93. The van der Waals surface area contributed by atoms with Crippen molar-refractivity contribution in [3.8, 4) is 0 Å². The first-order valence-corrected chi connectivity index (χ1v) is 12.8. The van der Waals surface area contributed by atoms with Gasteiger partial charge in [-0.15, -0.1) is 23.1 Å². The summed E-state index contributed by atoms with van der Waals surface area (Å²) in [5.41, 5.74) is 6.83. The van der Waals surface area contributed by atoms with E-state index in [1.54, 1.807) is 12.4 Å². The number of hydrogen-bond donors (Lipinski definition) is 3. The van der Waals surface area contributed by atoms with Crippen molar-refractivity contribution in [2.45, 2.75) is 16.6 Å². The van der Waals surface area contributed by atoms with Gasteiger partial charge in [0.2, 0.25) is 0 Å². The number of halogens is 1. The highest BCUT2D eigenvalue weighted by Crippen LogP contribution is 2.41. The van der Waals surface area contributed by atoms with E-state index >= 15 is 0 Å². The van der Waals surface area contributed by atoms with Gasteiger partial charge in [0.25, 0.3) is 17.4 Å². The maximum absolute atomic E-state index is 12.9. The molecule has 34 heavy (non-hydrogen) atoms. The molecular formula is C18H16ClN7O5S3. The summed E-state index contributed by atoms with van der Waals surface area (Å²) in [6.07, 6.45) is 1.08. The number of aryl methyl sites for hydroxylation is 1. The van der Waals surface area contributed by atoms with E-state index < -0.39 is 34.8 Å². The first-order valence-electron chi connectivity index (χ1n) is 9.47. The van der Waals surface area contributed by atoms with Gasteiger partial charge in [-0.05, 0) is 5.57 Å². The van der Waals surface area contributed by atoms with Crippen molar-refractivity contribution in [3.05, 3.63) is 44.4 Å². The number of nitrogen functional groups attached to an aromatic ring is 1. The number of nitrogens with one attached hydrogen (secondary N) is 1. The van der Waals surface area contributed by atoms with E-state index in [2.05, 4.69) is 20.4 Å². The number of thioether (sulfide) groups is 2. The Morgan fingerprint density at radius 2 is 2.18 bits per heavy atom. The van der Waals surface area contributed by atoms with Crippen LogP contribution in [0.15, 0.2) is 38.3 Å². The Labute approximate surface area is 209 Å². The van der Waals surface area contributed by atoms with Gasteiger partial charge in [-0.2, -0.15) is 10.1 Å². The normalized spacial score (nSPS) is 20.1. The number of aliphatic carboxylic acids is 1. The fourth-order valence-corrected chi connectivity index (χ4v) is 6.48. The predicted octanol–water partition coefficient (Wildman–Crippen LogP) is 0.325. The topological polar surface area (TPSA) is 173 Å². The van der Waals surface area contributed by atoms with E-state index in [1.807, 2.05) is 0 Å². The highest BCUT2D eigenvalue weighted by atomic mass is 35.5. The summed E-state index contributed by atoms with van der Waals surface area (Å²) < 4.78 is 1.41. The third kappa shape index (κ3) is 4.55. The fraction of sp³-hybridized carbons (Fsp3) is 0.278. The molecule has 0 spiro atoms. The Bertz CT molecular complexity index is 1310. The van der Waals surface area contributed by atoms with Crippen LogP contribution in [0.3, 0.4) is 0 Å². The molecule has 0 radical (unpaired) electrons. The lowest BCUT2D eigenvalue weighted by Gasteiger charge is -2.49. The number of thiazole rings is 1. The number of fused-ring (bicyclic) bond motifs is 1. The number of nitrogens with two attached hydrogens (primary N) is 1. The minimum Gasteiger partial charge on any atom is -0.477 e. The lowest BCUT2D eigenvalue weighted by atomic mass is 10.0. The monoisotopic (exact) mass is 541 g/mol. The van der Waals surface area contributed by atoms with Crippen molar-refractivity contribution in [2.24, 2.45) is 7.05 Å². The zero-order chi connectivity index (χ0) is 24.6. The quantitative estimate of drug-likeness (QED) is 0.250. The third-order valence-electron chi connectivity index (χ3n) is 4.89. The van der Waals surface area contributed by atoms with E-state index in [-0.39, 0.29) is 27.8 Å². The average Bonchev–Trinajstić information content (AvgIpc) is 3.23. The van der Waals surface area contributed by atoms with E-state index in [0.717, 1.165) is 39.7 Å². The molecule has 2 amide bonds. The van der Waals surface area contributed by atoms with Gasteiger partial charge >= 0.3 is 5.97 Å². The van der Waals surface area contributed by atoms with Crippen LogP contribution in [0.25, 0.3) is 5.57 Å². The van der Waals surface area contributed by atoms with Gasteiger partial charge in [-0.3, -0.25) is 19.3 Å². The molecule has 178 valence electrons. The SMILES string of the molecule is Cn1ncc(=O)nc1SCC1=C(C(=O)O)N2C(=O)C(NC(=O)/C(=C/Cl)c3csc(N)n3)[C@H]2SC1. The summed E-state index contributed by atoms with van der Waals surface area (Å²) in [6, 6.07) is -0.926. The van der Waals surface area contributed by atoms with Gasteiger partial charge in [0.05, 0.1) is 11.3 Å². The van der Waals surface area contributed by atoms with Crippen molar-refractivity contribution in [1.82, 2.24) is 30.0 Å². The molecule has 2 aromatic heterocycles. The van der Waals surface area contributed by atoms with Gasteiger partial charge in [0.15, 0.2) is 10.3 Å². The molecule has 4 heterocycles. The molecule has 2 aromatic rings. The molecule has 0 saturated carbocycles. The number of β-lactam (4-membered cyclic amide) rings is 1. The highest BCUT2D eigenvalue weighted by molar-refractivity contribution is 8.01. The van der Waals surface area contributed by atoms with Crippen molar-refractivity contribution in [3.63, 3.8) is 0 Å². The average molecular weight is 542 g/mol. The molecule has 2 aliphatic rings. The number of aromatic nitrogens is 4. The number of amides is 2. The van der Waals surface area contributed by atoms with Crippen LogP contribution in [0.1, 0.15) is 5.69 Å². The van der Waals surface area contributed by atoms with Gasteiger partial charge in [-0.1, -0.05) is 23.4 Å². The Morgan fingerprint density at radius 3 is 2.82 bits per heavy atom. The molecule has 0 aromatic carbocycles. The Balaban J connectivity index is 1.50. The first kappa shape index (κ1) is 24.3. The number of carboxylic acid groups (broad SMARTS) is 1. The van der Waals surface area contributed by atoms with Crippen molar-refractivity contribution in [2.75, 3.05) is 17.2 Å². The second-order valence-electron chi connectivity index (χ2n) is 7.00. The van der Waals surface area contributed by atoms with Gasteiger partial charge in [-0.25, -0.2) is 14.5 Å². The summed E-state index contributed by atoms with van der Waals surface area (Å²) in [6.45, 7) is 0. The lowest BCUT2D eigenvalue weighted by Crippen LogP contribution is -2.70. The number of nitrogens with zero attached hydrogens (tertiary/aromatic N) is 5. The van der Waals surface area contributed by atoms with Gasteiger partial charge < -0.3 is 16.2 Å². The summed E-state index contributed by atoms with van der Waals surface area (Å²) in [5, 5.41) is 17.9. The largest absolute Gasteiger partial charge is 0.477 e. The molecule has 4 rings (SSSR count). The van der Waals surface area contributed by atoms with Crippen LogP contribution in [-0.2, 0) is 21.4 Å². The Morgan fingerprint density at radius 1 is 1.41 bits per heavy atom. The van der Waals surface area contributed by atoms with E-state index in [1.165, 1.54) is 16.4 Å². The molecule has 12 nitrogen and oxygen atoms in total. The highest BCUT2D eigenvalue weighted by Gasteiger charge is 2.54. The molecule has 1 fully saturated rings. The van der Waals surface area contributed by atoms with Crippen LogP contribution in [0.2, 0.25) is 0 Å². The molecular weight excluding hydrogens is 526 g/mol. The maximum atomic E-state index is 12.9. The second kappa shape index (κ2) is 9.77. The number of hydrogen-bond acceptors (Lipinski definition) is 11. The molecule has 0 bridgehead atoms. The van der Waals surface area contributed by atoms with Crippen molar-refractivity contribution >= 4 is 74.9 Å². The lowest BCUT2D eigenvalue weighted by molar-refractivity contribution is -0.150. The second-order valence-corrected chi connectivity index (χ2v) is 10.2.